The van der Waals surface area contributed by atoms with E-state index in [-0.39, 0.29) is 5.91 Å². The number of hydrogen-bond acceptors (Lipinski definition) is 2. The largest absolute Gasteiger partial charge is 0.493 e. The lowest BCUT2D eigenvalue weighted by atomic mass is 10.2. The van der Waals surface area contributed by atoms with Crippen LogP contribution in [0.3, 0.4) is 0 Å². The molecule has 0 spiro atoms. The van der Waals surface area contributed by atoms with Crippen LogP contribution < -0.4 is 10.1 Å². The van der Waals surface area contributed by atoms with Gasteiger partial charge in [-0.2, -0.15) is 0 Å². The number of ether oxygens (including phenoxy) is 1. The van der Waals surface area contributed by atoms with Gasteiger partial charge < -0.3 is 10.1 Å². The number of benzene rings is 1. The summed E-state index contributed by atoms with van der Waals surface area (Å²) in [5.74, 6) is 1.62. The lowest BCUT2D eigenvalue weighted by molar-refractivity contribution is -0.114. The van der Waals surface area contributed by atoms with Crippen LogP contribution in [0, 0.1) is 5.92 Å². The number of carbonyl (C=O) groups is 1. The highest BCUT2D eigenvalue weighted by Crippen LogP contribution is 2.16. The number of amides is 1. The number of halogens is 1. The zero-order valence-electron chi connectivity index (χ0n) is 9.50. The molecule has 16 heavy (non-hydrogen) atoms. The summed E-state index contributed by atoms with van der Waals surface area (Å²) >= 11 is 5.67. The minimum absolute atomic E-state index is 0.0792. The van der Waals surface area contributed by atoms with Crippen LogP contribution in [0.1, 0.15) is 13.8 Å². The number of nitrogens with one attached hydrogen (secondary N) is 1. The van der Waals surface area contributed by atoms with E-state index in [9.17, 15) is 4.79 Å². The van der Waals surface area contributed by atoms with E-state index in [4.69, 9.17) is 16.3 Å². The van der Waals surface area contributed by atoms with E-state index in [0.29, 0.717) is 18.4 Å². The zero-order valence-corrected chi connectivity index (χ0v) is 10.3. The molecule has 0 radical (unpaired) electrons. The minimum Gasteiger partial charge on any atom is -0.493 e. The number of anilines is 1. The fourth-order valence-electron chi connectivity index (χ4n) is 1.12. The lowest BCUT2D eigenvalue weighted by Crippen LogP contribution is -2.09. The fourth-order valence-corrected chi connectivity index (χ4v) is 1.21. The molecule has 0 aliphatic carbocycles. The van der Waals surface area contributed by atoms with Gasteiger partial charge in [-0.05, 0) is 24.3 Å². The van der Waals surface area contributed by atoms with Crippen molar-refractivity contribution >= 4 is 23.2 Å². The molecule has 1 amide bonds. The molecule has 88 valence electrons. The molecule has 1 rings (SSSR count). The number of rotatable bonds is 5. The molecule has 4 heteroatoms. The Morgan fingerprint density at radius 2 is 2.06 bits per heavy atom. The summed E-state index contributed by atoms with van der Waals surface area (Å²) in [4.78, 5) is 10.8. The van der Waals surface area contributed by atoms with E-state index in [1.54, 1.807) is 0 Å². The summed E-state index contributed by atoms with van der Waals surface area (Å²) in [6.45, 7) is 4.11. The highest BCUT2D eigenvalue weighted by atomic mass is 35.5. The van der Waals surface area contributed by atoms with Crippen molar-refractivity contribution in [3.05, 3.63) is 24.3 Å². The second-order valence-electron chi connectivity index (χ2n) is 3.78. The van der Waals surface area contributed by atoms with E-state index in [1.165, 1.54) is 6.92 Å². The Balaban J connectivity index is 2.48. The van der Waals surface area contributed by atoms with Crippen LogP contribution in [0.15, 0.2) is 24.3 Å². The predicted molar refractivity (Wildman–Crippen MR) is 66.1 cm³/mol. The minimum atomic E-state index is -0.0792. The number of hydrogen-bond donors (Lipinski definition) is 1. The van der Waals surface area contributed by atoms with Gasteiger partial charge in [0.1, 0.15) is 5.75 Å². The number of carbonyl (C=O) groups excluding carboxylic acids is 1. The Hall–Kier alpha value is -1.22. The van der Waals surface area contributed by atoms with E-state index >= 15 is 0 Å². The standard InChI is InChI=1S/C12H16ClNO2/c1-9(7-13)8-16-12-5-3-11(4-6-12)14-10(2)15/h3-6,9H,7-8H2,1-2H3,(H,14,15). The van der Waals surface area contributed by atoms with Crippen molar-refractivity contribution in [2.24, 2.45) is 5.92 Å². The molecule has 1 atom stereocenters. The van der Waals surface area contributed by atoms with Crippen molar-refractivity contribution < 1.29 is 9.53 Å². The van der Waals surface area contributed by atoms with Crippen LogP contribution in [0.5, 0.6) is 5.75 Å². The van der Waals surface area contributed by atoms with Crippen LogP contribution >= 0.6 is 11.6 Å². The average Bonchev–Trinajstić information content (AvgIpc) is 2.27. The van der Waals surface area contributed by atoms with Crippen LogP contribution in [0.25, 0.3) is 0 Å². The SMILES string of the molecule is CC(=O)Nc1ccc(OCC(C)CCl)cc1. The molecular weight excluding hydrogens is 226 g/mol. The van der Waals surface area contributed by atoms with E-state index in [2.05, 4.69) is 5.32 Å². The summed E-state index contributed by atoms with van der Waals surface area (Å²) in [5, 5.41) is 2.69. The van der Waals surface area contributed by atoms with Gasteiger partial charge in [-0.15, -0.1) is 11.6 Å². The topological polar surface area (TPSA) is 38.3 Å². The Labute approximate surface area is 101 Å². The monoisotopic (exact) mass is 241 g/mol. The molecule has 0 bridgehead atoms. The number of alkyl halides is 1. The maximum Gasteiger partial charge on any atom is 0.221 e. The predicted octanol–water partition coefficient (Wildman–Crippen LogP) is 2.90. The Bertz CT molecular complexity index is 337. The molecule has 1 aromatic carbocycles. The van der Waals surface area contributed by atoms with E-state index in [0.717, 1.165) is 11.4 Å². The first-order valence-electron chi connectivity index (χ1n) is 5.18. The lowest BCUT2D eigenvalue weighted by Gasteiger charge is -2.10. The third-order valence-corrected chi connectivity index (χ3v) is 2.50. The first kappa shape index (κ1) is 12.8. The second-order valence-corrected chi connectivity index (χ2v) is 4.08. The second kappa shape index (κ2) is 6.38. The molecule has 0 aromatic heterocycles. The smallest absolute Gasteiger partial charge is 0.221 e. The van der Waals surface area contributed by atoms with Crippen LogP contribution in [-0.4, -0.2) is 18.4 Å². The van der Waals surface area contributed by atoms with Crippen LogP contribution in [0.4, 0.5) is 5.69 Å². The normalized spacial score (nSPS) is 11.9. The van der Waals surface area contributed by atoms with Crippen molar-refractivity contribution in [1.82, 2.24) is 0 Å². The summed E-state index contributed by atoms with van der Waals surface area (Å²) < 4.78 is 5.52. The van der Waals surface area contributed by atoms with Crippen molar-refractivity contribution in [2.75, 3.05) is 17.8 Å². The first-order chi connectivity index (χ1) is 7.61. The molecule has 0 heterocycles. The van der Waals surface area contributed by atoms with Crippen molar-refractivity contribution in [1.29, 1.82) is 0 Å². The van der Waals surface area contributed by atoms with Crippen LogP contribution in [-0.2, 0) is 4.79 Å². The molecule has 0 fully saturated rings. The summed E-state index contributed by atoms with van der Waals surface area (Å²) in [5.41, 5.74) is 0.769. The van der Waals surface area contributed by atoms with Gasteiger partial charge in [-0.3, -0.25) is 4.79 Å². The third-order valence-electron chi connectivity index (χ3n) is 1.97. The average molecular weight is 242 g/mol. The quantitative estimate of drug-likeness (QED) is 0.805. The molecule has 0 aliphatic heterocycles. The third kappa shape index (κ3) is 4.53. The molecule has 0 saturated heterocycles. The molecule has 3 nitrogen and oxygen atoms in total. The molecule has 1 N–H and O–H groups in total. The molecule has 1 unspecified atom stereocenters. The highest BCUT2D eigenvalue weighted by molar-refractivity contribution is 6.18. The Morgan fingerprint density at radius 3 is 2.56 bits per heavy atom. The van der Waals surface area contributed by atoms with Crippen molar-refractivity contribution in [3.8, 4) is 5.75 Å². The Kier molecular flexibility index (Phi) is 5.12. The van der Waals surface area contributed by atoms with Gasteiger partial charge in [0.25, 0.3) is 0 Å². The Morgan fingerprint density at radius 1 is 1.44 bits per heavy atom. The van der Waals surface area contributed by atoms with Crippen molar-refractivity contribution in [2.45, 2.75) is 13.8 Å². The summed E-state index contributed by atoms with van der Waals surface area (Å²) in [6.07, 6.45) is 0. The van der Waals surface area contributed by atoms with Gasteiger partial charge in [0.2, 0.25) is 5.91 Å². The maximum atomic E-state index is 10.8. The van der Waals surface area contributed by atoms with Gasteiger partial charge in [-0.25, -0.2) is 0 Å². The van der Waals surface area contributed by atoms with Gasteiger partial charge in [-0.1, -0.05) is 6.92 Å². The van der Waals surface area contributed by atoms with E-state index < -0.39 is 0 Å². The summed E-state index contributed by atoms with van der Waals surface area (Å²) in [7, 11) is 0. The molecular formula is C12H16ClNO2. The van der Waals surface area contributed by atoms with Gasteiger partial charge in [0, 0.05) is 24.4 Å². The fraction of sp³-hybridized carbons (Fsp3) is 0.417. The summed E-state index contributed by atoms with van der Waals surface area (Å²) in [6, 6.07) is 7.27. The zero-order chi connectivity index (χ0) is 12.0. The molecule has 0 saturated carbocycles. The van der Waals surface area contributed by atoms with Crippen LogP contribution in [0.2, 0.25) is 0 Å². The highest BCUT2D eigenvalue weighted by Gasteiger charge is 2.01. The van der Waals surface area contributed by atoms with Gasteiger partial charge in [0.15, 0.2) is 0 Å². The molecule has 0 aliphatic rings. The first-order valence-corrected chi connectivity index (χ1v) is 5.71. The van der Waals surface area contributed by atoms with E-state index in [1.807, 2.05) is 31.2 Å². The van der Waals surface area contributed by atoms with Crippen molar-refractivity contribution in [3.63, 3.8) is 0 Å². The molecule has 1 aromatic rings. The van der Waals surface area contributed by atoms with Gasteiger partial charge in [0.05, 0.1) is 6.61 Å². The maximum absolute atomic E-state index is 10.8. The van der Waals surface area contributed by atoms with Gasteiger partial charge >= 0.3 is 0 Å².